The average Bonchev–Trinajstić information content (AvgIpc) is 3.35. The Kier molecular flexibility index (Phi) is 5.66. The van der Waals surface area contributed by atoms with Crippen molar-refractivity contribution in [2.45, 2.75) is 0 Å². The second-order valence-corrected chi connectivity index (χ2v) is 6.52. The molecule has 0 saturated heterocycles. The van der Waals surface area contributed by atoms with Gasteiger partial charge in [0.1, 0.15) is 12.1 Å². The largest absolute Gasteiger partial charge is 0.497 e. The number of methoxy groups -OCH3 is 1. The first-order valence-electron chi connectivity index (χ1n) is 9.32. The number of carbonyl (C=O) groups excluding carboxylic acids is 2. The van der Waals surface area contributed by atoms with Gasteiger partial charge in [-0.15, -0.1) is 5.10 Å². The maximum absolute atomic E-state index is 12.6. The van der Waals surface area contributed by atoms with Crippen molar-refractivity contribution in [3.63, 3.8) is 0 Å². The predicted octanol–water partition coefficient (Wildman–Crippen LogP) is 3.18. The summed E-state index contributed by atoms with van der Waals surface area (Å²) in [5.41, 5.74) is 2.82. The molecular weight excluding hydrogens is 396 g/mol. The van der Waals surface area contributed by atoms with Crippen LogP contribution in [-0.2, 0) is 0 Å². The Morgan fingerprint density at radius 2 is 1.48 bits per heavy atom. The third-order valence-electron chi connectivity index (χ3n) is 4.47. The molecule has 2 amide bonds. The van der Waals surface area contributed by atoms with Gasteiger partial charge in [0.25, 0.3) is 11.8 Å². The van der Waals surface area contributed by atoms with Gasteiger partial charge in [0, 0.05) is 22.5 Å². The van der Waals surface area contributed by atoms with E-state index in [1.807, 2.05) is 0 Å². The molecule has 0 atom stereocenters. The van der Waals surface area contributed by atoms with Crippen molar-refractivity contribution in [3.8, 4) is 11.4 Å². The first-order chi connectivity index (χ1) is 15.1. The van der Waals surface area contributed by atoms with Crippen molar-refractivity contribution < 1.29 is 14.3 Å². The van der Waals surface area contributed by atoms with E-state index < -0.39 is 0 Å². The topological polar surface area (TPSA) is 111 Å². The van der Waals surface area contributed by atoms with E-state index in [0.717, 1.165) is 0 Å². The number of nitrogens with zero attached hydrogens (tertiary/aromatic N) is 4. The number of nitrogens with one attached hydrogen (secondary N) is 2. The Balaban J connectivity index is 1.40. The second kappa shape index (κ2) is 8.87. The zero-order valence-electron chi connectivity index (χ0n) is 16.5. The fourth-order valence-electron chi connectivity index (χ4n) is 2.86. The normalized spacial score (nSPS) is 10.4. The maximum atomic E-state index is 12.6. The van der Waals surface area contributed by atoms with Gasteiger partial charge in [-0.25, -0.2) is 4.68 Å². The fourth-order valence-corrected chi connectivity index (χ4v) is 2.86. The van der Waals surface area contributed by atoms with Gasteiger partial charge >= 0.3 is 0 Å². The summed E-state index contributed by atoms with van der Waals surface area (Å²) in [6.07, 6.45) is 1.45. The van der Waals surface area contributed by atoms with Gasteiger partial charge in [-0.2, -0.15) is 0 Å². The Hall–Kier alpha value is -4.53. The van der Waals surface area contributed by atoms with Crippen molar-refractivity contribution in [2.75, 3.05) is 17.7 Å². The third kappa shape index (κ3) is 4.73. The van der Waals surface area contributed by atoms with Crippen molar-refractivity contribution in [3.05, 3.63) is 90.3 Å². The summed E-state index contributed by atoms with van der Waals surface area (Å²) in [5.74, 6) is 0.170. The van der Waals surface area contributed by atoms with Gasteiger partial charge in [0.15, 0.2) is 0 Å². The molecule has 3 aromatic carbocycles. The van der Waals surface area contributed by atoms with E-state index in [-0.39, 0.29) is 11.8 Å². The number of anilines is 2. The van der Waals surface area contributed by atoms with Crippen molar-refractivity contribution in [1.82, 2.24) is 20.2 Å². The van der Waals surface area contributed by atoms with Crippen LogP contribution < -0.4 is 15.4 Å². The van der Waals surface area contributed by atoms with E-state index in [1.165, 1.54) is 11.0 Å². The summed E-state index contributed by atoms with van der Waals surface area (Å²) in [4.78, 5) is 25.0. The van der Waals surface area contributed by atoms with Crippen LogP contribution in [0, 0.1) is 0 Å². The number of aromatic nitrogens is 4. The SMILES string of the molecule is COc1ccc(NC(=O)c2ccc(NC(=O)c3cccc(-n4cnnn4)c3)cc2)cc1. The lowest BCUT2D eigenvalue weighted by atomic mass is 10.1. The average molecular weight is 414 g/mol. The lowest BCUT2D eigenvalue weighted by molar-refractivity contribution is 0.102. The molecule has 0 bridgehead atoms. The van der Waals surface area contributed by atoms with Gasteiger partial charge in [-0.05, 0) is 77.2 Å². The molecular formula is C22H18N6O3. The zero-order valence-corrected chi connectivity index (χ0v) is 16.5. The standard InChI is InChI=1S/C22H18N6O3/c1-31-20-11-9-18(10-12-20)24-21(29)15-5-7-17(8-6-15)25-22(30)16-3-2-4-19(13-16)28-14-23-26-27-28/h2-14H,1H3,(H,24,29)(H,25,30). The number of tetrazole rings is 1. The van der Waals surface area contributed by atoms with Crippen molar-refractivity contribution >= 4 is 23.2 Å². The minimum atomic E-state index is -0.287. The molecule has 154 valence electrons. The van der Waals surface area contributed by atoms with E-state index in [0.29, 0.717) is 33.9 Å². The Morgan fingerprint density at radius 1 is 0.839 bits per heavy atom. The van der Waals surface area contributed by atoms with Gasteiger partial charge in [0.05, 0.1) is 12.8 Å². The van der Waals surface area contributed by atoms with Crippen LogP contribution >= 0.6 is 0 Å². The highest BCUT2D eigenvalue weighted by atomic mass is 16.5. The smallest absolute Gasteiger partial charge is 0.255 e. The number of ether oxygens (including phenoxy) is 1. The van der Waals surface area contributed by atoms with Crippen molar-refractivity contribution in [2.24, 2.45) is 0 Å². The molecule has 0 aliphatic heterocycles. The maximum Gasteiger partial charge on any atom is 0.255 e. The van der Waals surface area contributed by atoms with E-state index in [2.05, 4.69) is 26.2 Å². The van der Waals surface area contributed by atoms with Gasteiger partial charge in [-0.1, -0.05) is 6.07 Å². The summed E-state index contributed by atoms with van der Waals surface area (Å²) in [6, 6.07) is 20.6. The molecule has 2 N–H and O–H groups in total. The summed E-state index contributed by atoms with van der Waals surface area (Å²) in [5, 5.41) is 16.6. The molecule has 0 spiro atoms. The Bertz CT molecular complexity index is 1190. The molecule has 4 rings (SSSR count). The minimum Gasteiger partial charge on any atom is -0.497 e. The third-order valence-corrected chi connectivity index (χ3v) is 4.47. The lowest BCUT2D eigenvalue weighted by Gasteiger charge is -2.09. The summed E-state index contributed by atoms with van der Waals surface area (Å²) < 4.78 is 6.57. The highest BCUT2D eigenvalue weighted by Crippen LogP contribution is 2.17. The van der Waals surface area contributed by atoms with E-state index in [1.54, 1.807) is 79.9 Å². The Morgan fingerprint density at radius 3 is 2.10 bits per heavy atom. The van der Waals surface area contributed by atoms with Crippen LogP contribution in [0.25, 0.3) is 5.69 Å². The molecule has 0 aliphatic rings. The zero-order chi connectivity index (χ0) is 21.6. The van der Waals surface area contributed by atoms with Crippen LogP contribution in [0.15, 0.2) is 79.1 Å². The molecule has 0 aliphatic carbocycles. The van der Waals surface area contributed by atoms with Crippen LogP contribution in [0.1, 0.15) is 20.7 Å². The number of hydrogen-bond donors (Lipinski definition) is 2. The van der Waals surface area contributed by atoms with Crippen LogP contribution in [-0.4, -0.2) is 39.1 Å². The lowest BCUT2D eigenvalue weighted by Crippen LogP contribution is -2.14. The predicted molar refractivity (Wildman–Crippen MR) is 114 cm³/mol. The second-order valence-electron chi connectivity index (χ2n) is 6.52. The number of rotatable bonds is 6. The van der Waals surface area contributed by atoms with Crippen LogP contribution in [0.3, 0.4) is 0 Å². The molecule has 31 heavy (non-hydrogen) atoms. The quantitative estimate of drug-likeness (QED) is 0.501. The van der Waals surface area contributed by atoms with E-state index in [4.69, 9.17) is 4.74 Å². The number of benzene rings is 3. The minimum absolute atomic E-state index is 0.253. The first kappa shape index (κ1) is 19.8. The van der Waals surface area contributed by atoms with Gasteiger partial charge in [0.2, 0.25) is 0 Å². The number of hydrogen-bond acceptors (Lipinski definition) is 6. The molecule has 1 heterocycles. The summed E-state index contributed by atoms with van der Waals surface area (Å²) >= 11 is 0. The molecule has 0 unspecified atom stereocenters. The summed E-state index contributed by atoms with van der Waals surface area (Å²) in [7, 11) is 1.58. The highest BCUT2D eigenvalue weighted by Gasteiger charge is 2.10. The first-order valence-corrected chi connectivity index (χ1v) is 9.32. The van der Waals surface area contributed by atoms with Gasteiger partial charge < -0.3 is 15.4 Å². The van der Waals surface area contributed by atoms with Crippen LogP contribution in [0.2, 0.25) is 0 Å². The van der Waals surface area contributed by atoms with Gasteiger partial charge in [-0.3, -0.25) is 9.59 Å². The Labute approximate surface area is 177 Å². The van der Waals surface area contributed by atoms with E-state index in [9.17, 15) is 9.59 Å². The molecule has 1 aromatic heterocycles. The van der Waals surface area contributed by atoms with Crippen LogP contribution in [0.5, 0.6) is 5.75 Å². The van der Waals surface area contributed by atoms with Crippen molar-refractivity contribution in [1.29, 1.82) is 0 Å². The van der Waals surface area contributed by atoms with Crippen LogP contribution in [0.4, 0.5) is 11.4 Å². The molecule has 0 saturated carbocycles. The molecule has 0 radical (unpaired) electrons. The number of carbonyl (C=O) groups is 2. The summed E-state index contributed by atoms with van der Waals surface area (Å²) in [6.45, 7) is 0. The molecule has 4 aromatic rings. The highest BCUT2D eigenvalue weighted by molar-refractivity contribution is 6.06. The molecule has 9 heteroatoms. The van der Waals surface area contributed by atoms with E-state index >= 15 is 0 Å². The molecule has 0 fully saturated rings. The molecule has 9 nitrogen and oxygen atoms in total. The fraction of sp³-hybridized carbons (Fsp3) is 0.0455. The number of amides is 2. The monoisotopic (exact) mass is 414 g/mol.